The number of benzene rings is 3. The minimum atomic E-state index is -3.67. The molecule has 0 spiro atoms. The normalized spacial score (nSPS) is 13.7. The molecule has 4 rings (SSSR count). The Morgan fingerprint density at radius 2 is 1.78 bits per heavy atom. The third-order valence-corrected chi connectivity index (χ3v) is 7.47. The Morgan fingerprint density at radius 3 is 2.50 bits per heavy atom. The van der Waals surface area contributed by atoms with Gasteiger partial charge < -0.3 is 10.1 Å². The highest BCUT2D eigenvalue weighted by Crippen LogP contribution is 2.43. The summed E-state index contributed by atoms with van der Waals surface area (Å²) in [4.78, 5) is 25.0. The van der Waals surface area contributed by atoms with Crippen LogP contribution in [0.15, 0.2) is 65.6 Å². The first-order valence-electron chi connectivity index (χ1n) is 9.73. The number of amides is 1. The molecule has 1 heterocycles. The van der Waals surface area contributed by atoms with E-state index in [1.165, 1.54) is 23.5 Å². The number of halogens is 1. The van der Waals surface area contributed by atoms with Crippen LogP contribution in [0.3, 0.4) is 0 Å². The number of anilines is 2. The molecule has 0 radical (unpaired) electrons. The van der Waals surface area contributed by atoms with Crippen molar-refractivity contribution in [2.45, 2.75) is 11.8 Å². The topological polar surface area (TPSA) is 92.8 Å². The molecule has 1 amide bonds. The van der Waals surface area contributed by atoms with E-state index >= 15 is 0 Å². The number of nitrogens with one attached hydrogen (secondary N) is 1. The Kier molecular flexibility index (Phi) is 5.66. The lowest BCUT2D eigenvalue weighted by Crippen LogP contribution is -2.34. The summed E-state index contributed by atoms with van der Waals surface area (Å²) in [6, 6.07) is 16.1. The van der Waals surface area contributed by atoms with Gasteiger partial charge in [-0.2, -0.15) is 0 Å². The van der Waals surface area contributed by atoms with E-state index < -0.39 is 21.9 Å². The van der Waals surface area contributed by atoms with Gasteiger partial charge in [-0.1, -0.05) is 29.8 Å². The fraction of sp³-hybridized carbons (Fsp3) is 0.130. The molecule has 0 unspecified atom stereocenters. The molecule has 7 nitrogen and oxygen atoms in total. The Labute approximate surface area is 190 Å². The Hall–Kier alpha value is -3.36. The van der Waals surface area contributed by atoms with Crippen LogP contribution in [-0.4, -0.2) is 33.9 Å². The molecule has 1 N–H and O–H groups in total. The average Bonchev–Trinajstić information content (AvgIpc) is 2.79. The van der Waals surface area contributed by atoms with Gasteiger partial charge in [-0.05, 0) is 49.4 Å². The van der Waals surface area contributed by atoms with Gasteiger partial charge in [0.15, 0.2) is 0 Å². The lowest BCUT2D eigenvalue weighted by Gasteiger charge is -2.31. The standard InChI is InChI=1S/C23H19ClN2O5S/c1-3-26-20-11-8-14(12-17(20)16-6-4-5-7-21(16)32(26,29)30)22(27)25-15-9-10-19(24)18(13-15)23(28)31-2/h4-13H,3H2,1-2H3,(H,25,27). The first-order chi connectivity index (χ1) is 15.3. The fourth-order valence-corrected chi connectivity index (χ4v) is 5.58. The average molecular weight is 471 g/mol. The maximum absolute atomic E-state index is 13.0. The lowest BCUT2D eigenvalue weighted by atomic mass is 10.00. The Bertz CT molecular complexity index is 1350. The van der Waals surface area contributed by atoms with Gasteiger partial charge in [0, 0.05) is 28.9 Å². The van der Waals surface area contributed by atoms with Gasteiger partial charge in [-0.15, -0.1) is 0 Å². The molecule has 3 aromatic rings. The summed E-state index contributed by atoms with van der Waals surface area (Å²) in [6.07, 6.45) is 0. The van der Waals surface area contributed by atoms with Crippen molar-refractivity contribution in [3.63, 3.8) is 0 Å². The number of carbonyl (C=O) groups excluding carboxylic acids is 2. The van der Waals surface area contributed by atoms with Crippen LogP contribution in [0.4, 0.5) is 11.4 Å². The monoisotopic (exact) mass is 470 g/mol. The second-order valence-corrected chi connectivity index (χ2v) is 9.28. The molecule has 0 bridgehead atoms. The van der Waals surface area contributed by atoms with Crippen LogP contribution in [0.2, 0.25) is 5.02 Å². The van der Waals surface area contributed by atoms with E-state index in [0.717, 1.165) is 0 Å². The van der Waals surface area contributed by atoms with Crippen molar-refractivity contribution in [2.75, 3.05) is 23.3 Å². The van der Waals surface area contributed by atoms with Gasteiger partial charge in [-0.3, -0.25) is 9.10 Å². The van der Waals surface area contributed by atoms with Crippen molar-refractivity contribution < 1.29 is 22.7 Å². The van der Waals surface area contributed by atoms with Gasteiger partial charge in [-0.25, -0.2) is 13.2 Å². The first kappa shape index (κ1) is 21.9. The number of rotatable bonds is 4. The van der Waals surface area contributed by atoms with Crippen LogP contribution in [0, 0.1) is 0 Å². The van der Waals surface area contributed by atoms with Crippen molar-refractivity contribution >= 4 is 44.9 Å². The van der Waals surface area contributed by atoms with Gasteiger partial charge in [0.1, 0.15) is 0 Å². The van der Waals surface area contributed by atoms with Gasteiger partial charge in [0.25, 0.3) is 15.9 Å². The van der Waals surface area contributed by atoms with Crippen molar-refractivity contribution in [1.82, 2.24) is 0 Å². The molecule has 0 aliphatic carbocycles. The third kappa shape index (κ3) is 3.61. The molecule has 9 heteroatoms. The quantitative estimate of drug-likeness (QED) is 0.563. The largest absolute Gasteiger partial charge is 0.465 e. The SMILES string of the molecule is CCN1c2ccc(C(=O)Nc3ccc(Cl)c(C(=O)OC)c3)cc2-c2ccccc2S1(=O)=O. The Morgan fingerprint density at radius 1 is 1.03 bits per heavy atom. The van der Waals surface area contributed by atoms with Crippen LogP contribution in [0.1, 0.15) is 27.6 Å². The number of ether oxygens (including phenoxy) is 1. The maximum Gasteiger partial charge on any atom is 0.339 e. The summed E-state index contributed by atoms with van der Waals surface area (Å²) < 4.78 is 32.0. The number of esters is 1. The first-order valence-corrected chi connectivity index (χ1v) is 11.5. The number of nitrogens with zero attached hydrogens (tertiary/aromatic N) is 1. The van der Waals surface area contributed by atoms with Gasteiger partial charge in [0.05, 0.1) is 28.3 Å². The van der Waals surface area contributed by atoms with Crippen LogP contribution in [0.25, 0.3) is 11.1 Å². The van der Waals surface area contributed by atoms with Crippen LogP contribution >= 0.6 is 11.6 Å². The summed E-state index contributed by atoms with van der Waals surface area (Å²) >= 11 is 6.03. The van der Waals surface area contributed by atoms with Crippen LogP contribution in [-0.2, 0) is 14.8 Å². The molecule has 0 atom stereocenters. The summed E-state index contributed by atoms with van der Waals surface area (Å²) in [5.41, 5.74) is 2.55. The molecule has 0 fully saturated rings. The number of sulfonamides is 1. The highest BCUT2D eigenvalue weighted by Gasteiger charge is 2.34. The van der Waals surface area contributed by atoms with Gasteiger partial charge in [0.2, 0.25) is 0 Å². The van der Waals surface area contributed by atoms with E-state index in [2.05, 4.69) is 5.32 Å². The van der Waals surface area contributed by atoms with Crippen molar-refractivity contribution in [3.8, 4) is 11.1 Å². The number of fused-ring (bicyclic) bond motifs is 3. The van der Waals surface area contributed by atoms with Gasteiger partial charge >= 0.3 is 5.97 Å². The summed E-state index contributed by atoms with van der Waals surface area (Å²) in [6.45, 7) is 2.02. The molecule has 32 heavy (non-hydrogen) atoms. The molecular weight excluding hydrogens is 452 g/mol. The minimum Gasteiger partial charge on any atom is -0.465 e. The predicted molar refractivity (Wildman–Crippen MR) is 123 cm³/mol. The van der Waals surface area contributed by atoms with E-state index in [1.807, 2.05) is 0 Å². The van der Waals surface area contributed by atoms with E-state index in [4.69, 9.17) is 16.3 Å². The second kappa shape index (κ2) is 8.29. The van der Waals surface area contributed by atoms with E-state index in [-0.39, 0.29) is 22.0 Å². The Balaban J connectivity index is 1.73. The van der Waals surface area contributed by atoms with Crippen LogP contribution in [0.5, 0.6) is 0 Å². The third-order valence-electron chi connectivity index (χ3n) is 5.19. The number of carbonyl (C=O) groups is 2. The summed E-state index contributed by atoms with van der Waals surface area (Å²) in [5, 5.41) is 2.95. The van der Waals surface area contributed by atoms with E-state index in [0.29, 0.717) is 28.1 Å². The second-order valence-electron chi connectivity index (χ2n) is 7.04. The zero-order chi connectivity index (χ0) is 23.0. The van der Waals surface area contributed by atoms with Crippen molar-refractivity contribution in [2.24, 2.45) is 0 Å². The molecule has 1 aliphatic heterocycles. The van der Waals surface area contributed by atoms with Crippen molar-refractivity contribution in [1.29, 1.82) is 0 Å². The molecule has 0 aromatic heterocycles. The molecule has 164 valence electrons. The number of hydrogen-bond donors (Lipinski definition) is 1. The molecule has 0 saturated heterocycles. The smallest absolute Gasteiger partial charge is 0.339 e. The zero-order valence-corrected chi connectivity index (χ0v) is 18.8. The summed E-state index contributed by atoms with van der Waals surface area (Å²) in [5.74, 6) is -1.03. The summed E-state index contributed by atoms with van der Waals surface area (Å²) in [7, 11) is -2.43. The number of hydrogen-bond acceptors (Lipinski definition) is 5. The predicted octanol–water partition coefficient (Wildman–Crippen LogP) is 4.57. The van der Waals surface area contributed by atoms with E-state index in [9.17, 15) is 18.0 Å². The molecule has 3 aromatic carbocycles. The fourth-order valence-electron chi connectivity index (χ4n) is 3.69. The molecular formula is C23H19ClN2O5S. The highest BCUT2D eigenvalue weighted by atomic mass is 35.5. The zero-order valence-electron chi connectivity index (χ0n) is 17.3. The molecule has 1 aliphatic rings. The minimum absolute atomic E-state index is 0.134. The number of methoxy groups -OCH3 is 1. The molecule has 0 saturated carbocycles. The van der Waals surface area contributed by atoms with Crippen molar-refractivity contribution in [3.05, 3.63) is 76.8 Å². The maximum atomic E-state index is 13.0. The van der Waals surface area contributed by atoms with Crippen LogP contribution < -0.4 is 9.62 Å². The van der Waals surface area contributed by atoms with E-state index in [1.54, 1.807) is 55.5 Å². The lowest BCUT2D eigenvalue weighted by molar-refractivity contribution is 0.0600. The highest BCUT2D eigenvalue weighted by molar-refractivity contribution is 7.93.